The van der Waals surface area contributed by atoms with Gasteiger partial charge in [0.2, 0.25) is 0 Å². The van der Waals surface area contributed by atoms with Gasteiger partial charge in [0.1, 0.15) is 0 Å². The molecular formula is C9H15NO2. The van der Waals surface area contributed by atoms with Crippen LogP contribution in [0.4, 0.5) is 0 Å². The van der Waals surface area contributed by atoms with Crippen molar-refractivity contribution in [1.29, 1.82) is 0 Å². The van der Waals surface area contributed by atoms with Crippen LogP contribution in [-0.2, 0) is 9.53 Å². The second-order valence-corrected chi connectivity index (χ2v) is 2.48. The Kier molecular flexibility index (Phi) is 6.12. The zero-order chi connectivity index (χ0) is 9.40. The van der Waals surface area contributed by atoms with E-state index in [0.717, 1.165) is 0 Å². The summed E-state index contributed by atoms with van der Waals surface area (Å²) in [7, 11) is 1.39. The lowest BCUT2D eigenvalue weighted by Crippen LogP contribution is -2.27. The summed E-state index contributed by atoms with van der Waals surface area (Å²) in [5.74, 6) is 5.31. The summed E-state index contributed by atoms with van der Waals surface area (Å²) in [6.07, 6.45) is 0. The van der Waals surface area contributed by atoms with Crippen LogP contribution in [0.25, 0.3) is 0 Å². The van der Waals surface area contributed by atoms with Crippen LogP contribution in [0.3, 0.4) is 0 Å². The Bertz CT molecular complexity index is 190. The number of carbonyl (C=O) groups is 1. The zero-order valence-corrected chi connectivity index (χ0v) is 7.81. The van der Waals surface area contributed by atoms with E-state index in [2.05, 4.69) is 21.9 Å². The average molecular weight is 169 g/mol. The number of ether oxygens (including phenoxy) is 1. The molecule has 0 aromatic rings. The molecule has 0 aliphatic rings. The number of esters is 1. The fourth-order valence-corrected chi connectivity index (χ4v) is 0.724. The second kappa shape index (κ2) is 6.68. The van der Waals surface area contributed by atoms with Crippen molar-refractivity contribution in [3.63, 3.8) is 0 Å². The minimum Gasteiger partial charge on any atom is -0.469 e. The maximum Gasteiger partial charge on any atom is 0.309 e. The van der Waals surface area contributed by atoms with Gasteiger partial charge in [-0.3, -0.25) is 4.79 Å². The van der Waals surface area contributed by atoms with E-state index >= 15 is 0 Å². The maximum absolute atomic E-state index is 10.9. The molecule has 0 radical (unpaired) electrons. The molecule has 0 spiro atoms. The van der Waals surface area contributed by atoms with Crippen molar-refractivity contribution >= 4 is 5.97 Å². The van der Waals surface area contributed by atoms with Crippen molar-refractivity contribution in [2.75, 3.05) is 20.2 Å². The summed E-state index contributed by atoms with van der Waals surface area (Å²) in [6, 6.07) is 0. The summed E-state index contributed by atoms with van der Waals surface area (Å²) in [4.78, 5) is 10.9. The van der Waals surface area contributed by atoms with E-state index in [-0.39, 0.29) is 11.9 Å². The Hall–Kier alpha value is -1.01. The normalized spacial score (nSPS) is 11.2. The molecule has 3 heteroatoms. The van der Waals surface area contributed by atoms with Crippen molar-refractivity contribution < 1.29 is 9.53 Å². The van der Waals surface area contributed by atoms with E-state index in [1.807, 2.05) is 6.92 Å². The molecule has 0 rings (SSSR count). The molecule has 12 heavy (non-hydrogen) atoms. The second-order valence-electron chi connectivity index (χ2n) is 2.48. The molecule has 1 unspecified atom stereocenters. The molecule has 0 heterocycles. The fraction of sp³-hybridized carbons (Fsp3) is 0.667. The first-order valence-corrected chi connectivity index (χ1v) is 3.90. The minimum absolute atomic E-state index is 0.103. The highest BCUT2D eigenvalue weighted by atomic mass is 16.5. The quantitative estimate of drug-likeness (QED) is 0.376. The molecule has 0 amide bonds. The molecule has 0 aromatic heterocycles. The summed E-state index contributed by atoms with van der Waals surface area (Å²) < 4.78 is 4.55. The maximum atomic E-state index is 10.9. The zero-order valence-electron chi connectivity index (χ0n) is 7.81. The molecule has 0 bridgehead atoms. The van der Waals surface area contributed by atoms with E-state index in [1.165, 1.54) is 7.11 Å². The summed E-state index contributed by atoms with van der Waals surface area (Å²) in [6.45, 7) is 4.84. The van der Waals surface area contributed by atoms with Gasteiger partial charge in [-0.25, -0.2) is 0 Å². The predicted octanol–water partition coefficient (Wildman–Crippen LogP) is 0.408. The van der Waals surface area contributed by atoms with E-state index in [9.17, 15) is 4.79 Å². The molecule has 1 atom stereocenters. The van der Waals surface area contributed by atoms with Crippen molar-refractivity contribution in [2.24, 2.45) is 5.92 Å². The van der Waals surface area contributed by atoms with Gasteiger partial charge < -0.3 is 10.1 Å². The van der Waals surface area contributed by atoms with Gasteiger partial charge in [-0.15, -0.1) is 5.92 Å². The van der Waals surface area contributed by atoms with Gasteiger partial charge in [-0.1, -0.05) is 12.8 Å². The van der Waals surface area contributed by atoms with E-state index < -0.39 is 0 Å². The van der Waals surface area contributed by atoms with Gasteiger partial charge in [0, 0.05) is 6.54 Å². The Morgan fingerprint density at radius 2 is 2.33 bits per heavy atom. The topological polar surface area (TPSA) is 38.3 Å². The number of carbonyl (C=O) groups excluding carboxylic acids is 1. The van der Waals surface area contributed by atoms with E-state index in [4.69, 9.17) is 0 Å². The molecule has 0 aliphatic carbocycles. The highest BCUT2D eigenvalue weighted by molar-refractivity contribution is 5.72. The molecule has 3 nitrogen and oxygen atoms in total. The van der Waals surface area contributed by atoms with Crippen LogP contribution < -0.4 is 5.32 Å². The van der Waals surface area contributed by atoms with Gasteiger partial charge in [-0.2, -0.15) is 0 Å². The highest BCUT2D eigenvalue weighted by Gasteiger charge is 2.10. The van der Waals surface area contributed by atoms with Crippen LogP contribution in [0.1, 0.15) is 13.8 Å². The van der Waals surface area contributed by atoms with Crippen molar-refractivity contribution in [2.45, 2.75) is 13.8 Å². The number of rotatable bonds is 4. The predicted molar refractivity (Wildman–Crippen MR) is 47.5 cm³/mol. The first-order valence-electron chi connectivity index (χ1n) is 3.90. The molecule has 68 valence electrons. The van der Waals surface area contributed by atoms with Crippen LogP contribution in [-0.4, -0.2) is 26.2 Å². The molecule has 0 aliphatic heterocycles. The molecule has 0 saturated heterocycles. The van der Waals surface area contributed by atoms with E-state index in [0.29, 0.717) is 13.1 Å². The lowest BCUT2D eigenvalue weighted by molar-refractivity contribution is -0.144. The number of hydrogen-bond donors (Lipinski definition) is 1. The summed E-state index contributed by atoms with van der Waals surface area (Å²) >= 11 is 0. The molecular weight excluding hydrogens is 154 g/mol. The number of methoxy groups -OCH3 is 1. The molecule has 0 fully saturated rings. The van der Waals surface area contributed by atoms with Gasteiger partial charge in [0.15, 0.2) is 0 Å². The van der Waals surface area contributed by atoms with Crippen molar-refractivity contribution in [1.82, 2.24) is 5.32 Å². The fourth-order valence-electron chi connectivity index (χ4n) is 0.724. The standard InChI is InChI=1S/C9H15NO2/c1-4-5-6-10-7-8(2)9(11)12-3/h8,10H,6-7H2,1-3H3. The smallest absolute Gasteiger partial charge is 0.309 e. The van der Waals surface area contributed by atoms with Crippen molar-refractivity contribution in [3.8, 4) is 11.8 Å². The molecule has 0 aromatic carbocycles. The summed E-state index contributed by atoms with van der Waals surface area (Å²) in [5, 5.41) is 3.03. The number of nitrogens with one attached hydrogen (secondary N) is 1. The average Bonchev–Trinajstić information content (AvgIpc) is 2.10. The Labute approximate surface area is 73.5 Å². The monoisotopic (exact) mass is 169 g/mol. The SMILES string of the molecule is CC#CCNCC(C)C(=O)OC. The van der Waals surface area contributed by atoms with Gasteiger partial charge in [0.05, 0.1) is 19.6 Å². The van der Waals surface area contributed by atoms with E-state index in [1.54, 1.807) is 6.92 Å². The van der Waals surface area contributed by atoms with Crippen LogP contribution >= 0.6 is 0 Å². The van der Waals surface area contributed by atoms with Crippen LogP contribution in [0.15, 0.2) is 0 Å². The Balaban J connectivity index is 3.47. The lowest BCUT2D eigenvalue weighted by Gasteiger charge is -2.07. The van der Waals surface area contributed by atoms with Gasteiger partial charge in [-0.05, 0) is 6.92 Å². The van der Waals surface area contributed by atoms with Gasteiger partial charge >= 0.3 is 5.97 Å². The summed E-state index contributed by atoms with van der Waals surface area (Å²) in [5.41, 5.74) is 0. The van der Waals surface area contributed by atoms with Gasteiger partial charge in [0.25, 0.3) is 0 Å². The van der Waals surface area contributed by atoms with Crippen molar-refractivity contribution in [3.05, 3.63) is 0 Å². The third kappa shape index (κ3) is 4.75. The Morgan fingerprint density at radius 3 is 2.83 bits per heavy atom. The highest BCUT2D eigenvalue weighted by Crippen LogP contribution is 1.94. The molecule has 0 saturated carbocycles. The minimum atomic E-state index is -0.188. The number of hydrogen-bond acceptors (Lipinski definition) is 3. The third-order valence-corrected chi connectivity index (χ3v) is 1.44. The lowest BCUT2D eigenvalue weighted by atomic mass is 10.2. The molecule has 1 N–H and O–H groups in total. The van der Waals surface area contributed by atoms with Crippen LogP contribution in [0.2, 0.25) is 0 Å². The first-order chi connectivity index (χ1) is 5.72. The third-order valence-electron chi connectivity index (χ3n) is 1.44. The van der Waals surface area contributed by atoms with Crippen LogP contribution in [0.5, 0.6) is 0 Å². The Morgan fingerprint density at radius 1 is 1.67 bits per heavy atom. The van der Waals surface area contributed by atoms with Crippen LogP contribution in [0, 0.1) is 17.8 Å². The largest absolute Gasteiger partial charge is 0.469 e. The first kappa shape index (κ1) is 11.0.